The first-order chi connectivity index (χ1) is 10.5. The topological polar surface area (TPSA) is 84.1 Å². The molecule has 1 heterocycles. The van der Waals surface area contributed by atoms with Gasteiger partial charge in [-0.1, -0.05) is 22.0 Å². The molecule has 114 valence electrons. The number of aromatic amines is 1. The van der Waals surface area contributed by atoms with Gasteiger partial charge in [-0.2, -0.15) is 5.10 Å². The molecule has 3 aromatic rings. The molecule has 1 aromatic heterocycles. The Bertz CT molecular complexity index is 937. The molecule has 6 nitrogen and oxygen atoms in total. The van der Waals surface area contributed by atoms with Gasteiger partial charge in [0.05, 0.1) is 24.5 Å². The van der Waals surface area contributed by atoms with Crippen molar-refractivity contribution >= 4 is 42.5 Å². The van der Waals surface area contributed by atoms with Gasteiger partial charge in [-0.15, -0.1) is 0 Å². The summed E-state index contributed by atoms with van der Waals surface area (Å²) in [4.78, 5) is 0.0601. The first-order valence-corrected chi connectivity index (χ1v) is 8.57. The van der Waals surface area contributed by atoms with E-state index in [2.05, 4.69) is 30.8 Å². The van der Waals surface area contributed by atoms with Gasteiger partial charge in [-0.25, -0.2) is 8.42 Å². The number of halogens is 1. The van der Waals surface area contributed by atoms with Crippen LogP contribution in [0.4, 0.5) is 5.69 Å². The van der Waals surface area contributed by atoms with Crippen molar-refractivity contribution in [3.63, 3.8) is 0 Å². The second-order valence-corrected chi connectivity index (χ2v) is 7.10. The van der Waals surface area contributed by atoms with Crippen LogP contribution in [0.15, 0.2) is 52.0 Å². The zero-order valence-electron chi connectivity index (χ0n) is 11.5. The minimum atomic E-state index is -3.79. The van der Waals surface area contributed by atoms with Gasteiger partial charge in [-0.05, 0) is 30.3 Å². The smallest absolute Gasteiger partial charge is 0.265 e. The highest BCUT2D eigenvalue weighted by atomic mass is 79.9. The largest absolute Gasteiger partial charge is 0.495 e. The number of ether oxygens (including phenoxy) is 1. The van der Waals surface area contributed by atoms with Crippen LogP contribution in [0.2, 0.25) is 0 Å². The molecule has 0 fully saturated rings. The Hall–Kier alpha value is -2.06. The first-order valence-electron chi connectivity index (χ1n) is 6.30. The fourth-order valence-corrected chi connectivity index (χ4v) is 3.91. The standard InChI is InChI=1S/C14H12BrN3O3S/c1-21-13-6-5-9(15)7-14(13)22(19,20)18-12-4-2-3-11-10(12)8-16-17-11/h2-8,18H,1H3,(H,16,17). The van der Waals surface area contributed by atoms with Crippen LogP contribution in [0.1, 0.15) is 0 Å². The molecule has 0 bridgehead atoms. The summed E-state index contributed by atoms with van der Waals surface area (Å²) in [5, 5.41) is 7.42. The summed E-state index contributed by atoms with van der Waals surface area (Å²) in [6.45, 7) is 0. The number of methoxy groups -OCH3 is 1. The molecule has 0 saturated heterocycles. The maximum absolute atomic E-state index is 12.7. The van der Waals surface area contributed by atoms with Crippen molar-refractivity contribution in [1.29, 1.82) is 0 Å². The van der Waals surface area contributed by atoms with E-state index in [1.165, 1.54) is 13.2 Å². The first kappa shape index (κ1) is 14.9. The predicted octanol–water partition coefficient (Wildman–Crippen LogP) is 3.13. The Morgan fingerprint density at radius 2 is 2.09 bits per heavy atom. The SMILES string of the molecule is COc1ccc(Br)cc1S(=O)(=O)Nc1cccc2[nH]ncc12. The van der Waals surface area contributed by atoms with E-state index in [1.807, 2.05) is 6.07 Å². The van der Waals surface area contributed by atoms with Crippen molar-refractivity contribution in [2.24, 2.45) is 0 Å². The molecular formula is C14H12BrN3O3S. The molecule has 0 radical (unpaired) electrons. The monoisotopic (exact) mass is 381 g/mol. The number of nitrogens with one attached hydrogen (secondary N) is 2. The normalized spacial score (nSPS) is 11.5. The van der Waals surface area contributed by atoms with E-state index in [0.717, 1.165) is 5.52 Å². The van der Waals surface area contributed by atoms with Gasteiger partial charge in [0, 0.05) is 9.86 Å². The predicted molar refractivity (Wildman–Crippen MR) is 87.6 cm³/mol. The highest BCUT2D eigenvalue weighted by molar-refractivity contribution is 9.10. The number of rotatable bonds is 4. The molecule has 0 saturated carbocycles. The van der Waals surface area contributed by atoms with Crippen molar-refractivity contribution in [1.82, 2.24) is 10.2 Å². The van der Waals surface area contributed by atoms with Gasteiger partial charge >= 0.3 is 0 Å². The molecule has 2 N–H and O–H groups in total. The molecule has 2 aromatic carbocycles. The number of anilines is 1. The summed E-state index contributed by atoms with van der Waals surface area (Å²) in [5.74, 6) is 0.273. The van der Waals surface area contributed by atoms with Crippen molar-refractivity contribution < 1.29 is 13.2 Å². The van der Waals surface area contributed by atoms with Crippen LogP contribution < -0.4 is 9.46 Å². The van der Waals surface area contributed by atoms with E-state index in [-0.39, 0.29) is 10.6 Å². The zero-order valence-corrected chi connectivity index (χ0v) is 13.9. The number of fused-ring (bicyclic) bond motifs is 1. The number of nitrogens with zero attached hydrogens (tertiary/aromatic N) is 1. The Kier molecular flexibility index (Phi) is 3.79. The van der Waals surface area contributed by atoms with Crippen molar-refractivity contribution in [3.05, 3.63) is 47.1 Å². The average molecular weight is 382 g/mol. The molecule has 0 amide bonds. The van der Waals surface area contributed by atoms with E-state index < -0.39 is 10.0 Å². The lowest BCUT2D eigenvalue weighted by atomic mass is 10.2. The van der Waals surface area contributed by atoms with E-state index in [0.29, 0.717) is 15.5 Å². The van der Waals surface area contributed by atoms with Crippen LogP contribution in [0.25, 0.3) is 10.9 Å². The maximum Gasteiger partial charge on any atom is 0.265 e. The third kappa shape index (κ3) is 2.67. The molecule has 0 aliphatic heterocycles. The maximum atomic E-state index is 12.7. The molecule has 8 heteroatoms. The molecule has 0 atom stereocenters. The lowest BCUT2D eigenvalue weighted by molar-refractivity contribution is 0.403. The number of sulfonamides is 1. The highest BCUT2D eigenvalue weighted by Crippen LogP contribution is 2.30. The Morgan fingerprint density at radius 1 is 1.27 bits per heavy atom. The van der Waals surface area contributed by atoms with Gasteiger partial charge in [-0.3, -0.25) is 9.82 Å². The molecule has 0 aliphatic rings. The fraction of sp³-hybridized carbons (Fsp3) is 0.0714. The minimum absolute atomic E-state index is 0.0601. The average Bonchev–Trinajstić information content (AvgIpc) is 2.96. The Morgan fingerprint density at radius 3 is 2.86 bits per heavy atom. The number of hydrogen-bond donors (Lipinski definition) is 2. The zero-order chi connectivity index (χ0) is 15.7. The minimum Gasteiger partial charge on any atom is -0.495 e. The summed E-state index contributed by atoms with van der Waals surface area (Å²) >= 11 is 3.27. The van der Waals surface area contributed by atoms with Crippen molar-refractivity contribution in [3.8, 4) is 5.75 Å². The Labute approximate surface area is 135 Å². The molecule has 22 heavy (non-hydrogen) atoms. The number of hydrogen-bond acceptors (Lipinski definition) is 4. The summed E-state index contributed by atoms with van der Waals surface area (Å²) in [7, 11) is -2.36. The van der Waals surface area contributed by atoms with Crippen LogP contribution in [-0.2, 0) is 10.0 Å². The third-order valence-corrected chi connectivity index (χ3v) is 5.02. The van der Waals surface area contributed by atoms with Crippen LogP contribution in [0.3, 0.4) is 0 Å². The second kappa shape index (κ2) is 5.62. The van der Waals surface area contributed by atoms with E-state index in [4.69, 9.17) is 4.74 Å². The summed E-state index contributed by atoms with van der Waals surface area (Å²) < 4.78 is 33.7. The van der Waals surface area contributed by atoms with Gasteiger partial charge in [0.15, 0.2) is 0 Å². The molecular weight excluding hydrogens is 370 g/mol. The molecule has 0 unspecified atom stereocenters. The Balaban J connectivity index is 2.08. The summed E-state index contributed by atoms with van der Waals surface area (Å²) in [6.07, 6.45) is 1.57. The number of aromatic nitrogens is 2. The third-order valence-electron chi connectivity index (χ3n) is 3.14. The van der Waals surface area contributed by atoms with Gasteiger partial charge in [0.25, 0.3) is 10.0 Å². The van der Waals surface area contributed by atoms with Crippen LogP contribution in [0, 0.1) is 0 Å². The van der Waals surface area contributed by atoms with Crippen molar-refractivity contribution in [2.75, 3.05) is 11.8 Å². The number of H-pyrrole nitrogens is 1. The van der Waals surface area contributed by atoms with Crippen LogP contribution in [0.5, 0.6) is 5.75 Å². The number of benzene rings is 2. The van der Waals surface area contributed by atoms with Crippen LogP contribution in [-0.4, -0.2) is 25.7 Å². The highest BCUT2D eigenvalue weighted by Gasteiger charge is 2.21. The van der Waals surface area contributed by atoms with Crippen LogP contribution >= 0.6 is 15.9 Å². The summed E-state index contributed by atoms with van der Waals surface area (Å²) in [6, 6.07) is 10.1. The van der Waals surface area contributed by atoms with Gasteiger partial charge in [0.2, 0.25) is 0 Å². The van der Waals surface area contributed by atoms with E-state index in [9.17, 15) is 8.42 Å². The molecule has 3 rings (SSSR count). The lowest BCUT2D eigenvalue weighted by Gasteiger charge is -2.12. The molecule has 0 spiro atoms. The quantitative estimate of drug-likeness (QED) is 0.726. The van der Waals surface area contributed by atoms with Gasteiger partial charge in [0.1, 0.15) is 10.6 Å². The van der Waals surface area contributed by atoms with Gasteiger partial charge < -0.3 is 4.74 Å². The summed E-state index contributed by atoms with van der Waals surface area (Å²) in [5.41, 5.74) is 1.20. The fourth-order valence-electron chi connectivity index (χ4n) is 2.12. The molecule has 0 aliphatic carbocycles. The van der Waals surface area contributed by atoms with E-state index in [1.54, 1.807) is 30.5 Å². The lowest BCUT2D eigenvalue weighted by Crippen LogP contribution is -2.14. The van der Waals surface area contributed by atoms with Crippen molar-refractivity contribution in [2.45, 2.75) is 4.90 Å². The van der Waals surface area contributed by atoms with E-state index >= 15 is 0 Å². The second-order valence-electron chi connectivity index (χ2n) is 4.54.